The number of rotatable bonds is 2. The van der Waals surface area contributed by atoms with E-state index < -0.39 is 0 Å². The number of thiophene rings is 1. The molecule has 0 radical (unpaired) electrons. The van der Waals surface area contributed by atoms with Gasteiger partial charge in [0.2, 0.25) is 5.91 Å². The molecule has 1 amide bonds. The first-order valence-corrected chi connectivity index (χ1v) is 9.77. The number of carbonyl (C=O) groups excluding carboxylic acids is 1. The van der Waals surface area contributed by atoms with E-state index >= 15 is 0 Å². The highest BCUT2D eigenvalue weighted by Crippen LogP contribution is 2.45. The van der Waals surface area contributed by atoms with Gasteiger partial charge in [0, 0.05) is 23.5 Å². The second-order valence-corrected chi connectivity index (χ2v) is 8.16. The smallest absolute Gasteiger partial charge is 0.234 e. The van der Waals surface area contributed by atoms with Crippen LogP contribution in [0.3, 0.4) is 0 Å². The van der Waals surface area contributed by atoms with Crippen LogP contribution >= 0.6 is 11.3 Å². The summed E-state index contributed by atoms with van der Waals surface area (Å²) in [6.45, 7) is 2.06. The Balaban J connectivity index is 1.69. The normalized spacial score (nSPS) is 31.0. The van der Waals surface area contributed by atoms with Gasteiger partial charge in [0.15, 0.2) is 0 Å². The van der Waals surface area contributed by atoms with Gasteiger partial charge >= 0.3 is 0 Å². The topological polar surface area (TPSA) is 32.3 Å². The lowest BCUT2D eigenvalue weighted by atomic mass is 9.71. The summed E-state index contributed by atoms with van der Waals surface area (Å²) >= 11 is 1.79. The standard InChI is InChI=1S/C18H26N2OS/c21-17(20-14-6-7-15(20)13-19-11-8-14)18(9-2-1-3-10-18)16-5-4-12-22-16/h4-5,12,14-15,19H,1-3,6-11,13H2. The highest BCUT2D eigenvalue weighted by Gasteiger charge is 2.49. The van der Waals surface area contributed by atoms with Crippen LogP contribution in [-0.2, 0) is 10.2 Å². The van der Waals surface area contributed by atoms with E-state index in [4.69, 9.17) is 0 Å². The van der Waals surface area contributed by atoms with Gasteiger partial charge in [0.05, 0.1) is 5.41 Å². The Hall–Kier alpha value is -0.870. The number of nitrogens with zero attached hydrogens (tertiary/aromatic N) is 1. The van der Waals surface area contributed by atoms with Gasteiger partial charge < -0.3 is 10.2 Å². The van der Waals surface area contributed by atoms with E-state index in [0.29, 0.717) is 18.0 Å². The van der Waals surface area contributed by atoms with Crippen molar-refractivity contribution in [2.24, 2.45) is 0 Å². The second kappa shape index (κ2) is 5.97. The van der Waals surface area contributed by atoms with Gasteiger partial charge in [-0.05, 0) is 50.1 Å². The van der Waals surface area contributed by atoms with E-state index in [2.05, 4.69) is 27.7 Å². The summed E-state index contributed by atoms with van der Waals surface area (Å²) in [4.78, 5) is 17.3. The van der Waals surface area contributed by atoms with Crippen LogP contribution in [0.4, 0.5) is 0 Å². The molecule has 2 saturated heterocycles. The molecule has 3 heterocycles. The van der Waals surface area contributed by atoms with Crippen molar-refractivity contribution >= 4 is 17.2 Å². The molecule has 3 fully saturated rings. The zero-order valence-corrected chi connectivity index (χ0v) is 14.0. The third-order valence-corrected chi connectivity index (χ3v) is 7.07. The van der Waals surface area contributed by atoms with Gasteiger partial charge in [-0.1, -0.05) is 25.3 Å². The number of fused-ring (bicyclic) bond motifs is 2. The maximum Gasteiger partial charge on any atom is 0.234 e. The maximum absolute atomic E-state index is 13.7. The molecule has 2 atom stereocenters. The quantitative estimate of drug-likeness (QED) is 0.907. The minimum atomic E-state index is -0.211. The van der Waals surface area contributed by atoms with Crippen molar-refractivity contribution in [2.75, 3.05) is 13.1 Å². The second-order valence-electron chi connectivity index (χ2n) is 7.21. The van der Waals surface area contributed by atoms with Crippen LogP contribution in [0.2, 0.25) is 0 Å². The summed E-state index contributed by atoms with van der Waals surface area (Å²) in [5, 5.41) is 5.66. The molecule has 4 heteroatoms. The summed E-state index contributed by atoms with van der Waals surface area (Å²) in [5.41, 5.74) is -0.211. The Morgan fingerprint density at radius 3 is 2.77 bits per heavy atom. The van der Waals surface area contributed by atoms with Crippen molar-refractivity contribution in [1.82, 2.24) is 10.2 Å². The van der Waals surface area contributed by atoms with E-state index in [1.807, 2.05) is 0 Å². The molecule has 120 valence electrons. The largest absolute Gasteiger partial charge is 0.335 e. The number of carbonyl (C=O) groups is 1. The summed E-state index contributed by atoms with van der Waals surface area (Å²) in [7, 11) is 0. The zero-order chi connectivity index (χ0) is 15.0. The molecule has 4 rings (SSSR count). The third kappa shape index (κ3) is 2.31. The fraction of sp³-hybridized carbons (Fsp3) is 0.722. The zero-order valence-electron chi connectivity index (χ0n) is 13.2. The first kappa shape index (κ1) is 14.7. The molecule has 3 nitrogen and oxygen atoms in total. The van der Waals surface area contributed by atoms with Gasteiger partial charge in [0.25, 0.3) is 0 Å². The van der Waals surface area contributed by atoms with Crippen molar-refractivity contribution in [2.45, 2.75) is 68.9 Å². The molecule has 2 unspecified atom stereocenters. The van der Waals surface area contributed by atoms with Crippen molar-refractivity contribution in [3.63, 3.8) is 0 Å². The fourth-order valence-corrected chi connectivity index (χ4v) is 5.81. The van der Waals surface area contributed by atoms with Crippen molar-refractivity contribution in [3.8, 4) is 0 Å². The van der Waals surface area contributed by atoms with E-state index in [0.717, 1.165) is 32.4 Å². The van der Waals surface area contributed by atoms with Crippen molar-refractivity contribution < 1.29 is 4.79 Å². The Bertz CT molecular complexity index is 507. The fourth-order valence-electron chi connectivity index (χ4n) is 4.83. The van der Waals surface area contributed by atoms with Gasteiger partial charge in [-0.25, -0.2) is 0 Å². The van der Waals surface area contributed by atoms with Gasteiger partial charge in [-0.2, -0.15) is 0 Å². The van der Waals surface area contributed by atoms with E-state index in [-0.39, 0.29) is 5.41 Å². The lowest BCUT2D eigenvalue weighted by molar-refractivity contribution is -0.141. The first-order valence-electron chi connectivity index (χ1n) is 8.89. The Kier molecular flexibility index (Phi) is 3.99. The Morgan fingerprint density at radius 1 is 1.18 bits per heavy atom. The molecule has 22 heavy (non-hydrogen) atoms. The summed E-state index contributed by atoms with van der Waals surface area (Å²) in [6, 6.07) is 5.22. The van der Waals surface area contributed by atoms with Crippen LogP contribution in [0.15, 0.2) is 17.5 Å². The highest BCUT2D eigenvalue weighted by atomic mass is 32.1. The number of nitrogens with one attached hydrogen (secondary N) is 1. The SMILES string of the molecule is O=C(N1C2CCNCC1CC2)C1(c2cccs2)CCCCC1. The molecule has 0 aromatic carbocycles. The Morgan fingerprint density at radius 2 is 2.00 bits per heavy atom. The molecule has 1 N–H and O–H groups in total. The highest BCUT2D eigenvalue weighted by molar-refractivity contribution is 7.10. The summed E-state index contributed by atoms with van der Waals surface area (Å²) < 4.78 is 0. The molecular formula is C18H26N2OS. The van der Waals surface area contributed by atoms with Gasteiger partial charge in [-0.15, -0.1) is 11.3 Å². The Labute approximate surface area is 137 Å². The van der Waals surface area contributed by atoms with Gasteiger partial charge in [0.1, 0.15) is 0 Å². The molecule has 1 saturated carbocycles. The summed E-state index contributed by atoms with van der Waals surface area (Å²) in [5.74, 6) is 0.450. The molecule has 1 aromatic rings. The summed E-state index contributed by atoms with van der Waals surface area (Å²) in [6.07, 6.45) is 9.31. The number of hydrogen-bond donors (Lipinski definition) is 1. The van der Waals surface area contributed by atoms with Gasteiger partial charge in [-0.3, -0.25) is 4.79 Å². The minimum absolute atomic E-state index is 0.211. The molecule has 1 aliphatic carbocycles. The van der Waals surface area contributed by atoms with E-state index in [1.54, 1.807) is 11.3 Å². The number of hydrogen-bond acceptors (Lipinski definition) is 3. The molecule has 3 aliphatic rings. The van der Waals surface area contributed by atoms with E-state index in [9.17, 15) is 4.79 Å². The van der Waals surface area contributed by atoms with Crippen LogP contribution in [0.5, 0.6) is 0 Å². The minimum Gasteiger partial charge on any atom is -0.335 e. The van der Waals surface area contributed by atoms with Crippen LogP contribution in [0.1, 0.15) is 56.2 Å². The monoisotopic (exact) mass is 318 g/mol. The van der Waals surface area contributed by atoms with Crippen molar-refractivity contribution in [3.05, 3.63) is 22.4 Å². The van der Waals surface area contributed by atoms with Crippen LogP contribution in [0.25, 0.3) is 0 Å². The first-order chi connectivity index (χ1) is 10.8. The predicted molar refractivity (Wildman–Crippen MR) is 90.2 cm³/mol. The molecule has 1 aromatic heterocycles. The average molecular weight is 318 g/mol. The molecule has 0 spiro atoms. The lowest BCUT2D eigenvalue weighted by Crippen LogP contribution is -2.52. The van der Waals surface area contributed by atoms with Crippen LogP contribution in [-0.4, -0.2) is 36.0 Å². The third-order valence-electron chi connectivity index (χ3n) is 6.00. The van der Waals surface area contributed by atoms with Crippen LogP contribution < -0.4 is 5.32 Å². The lowest BCUT2D eigenvalue weighted by Gasteiger charge is -2.41. The van der Waals surface area contributed by atoms with E-state index in [1.165, 1.54) is 37.0 Å². The van der Waals surface area contributed by atoms with Crippen LogP contribution in [0, 0.1) is 0 Å². The predicted octanol–water partition coefficient (Wildman–Crippen LogP) is 3.30. The molecule has 2 aliphatic heterocycles. The van der Waals surface area contributed by atoms with Crippen molar-refractivity contribution in [1.29, 1.82) is 0 Å². The number of amides is 1. The molecular weight excluding hydrogens is 292 g/mol. The average Bonchev–Trinajstić information content (AvgIpc) is 3.15. The maximum atomic E-state index is 13.7. The molecule has 2 bridgehead atoms.